The average molecular weight is 535 g/mol. The van der Waals surface area contributed by atoms with Crippen molar-refractivity contribution in [2.24, 2.45) is 5.10 Å². The van der Waals surface area contributed by atoms with Gasteiger partial charge in [-0.2, -0.15) is 9.78 Å². The van der Waals surface area contributed by atoms with Gasteiger partial charge in [0, 0.05) is 27.6 Å². The first-order valence-corrected chi connectivity index (χ1v) is 11.6. The number of halogens is 1. The van der Waals surface area contributed by atoms with Crippen LogP contribution in [0.15, 0.2) is 81.1 Å². The molecular weight excluding hydrogens is 512 g/mol. The minimum Gasteiger partial charge on any atom is -0.488 e. The fourth-order valence-electron chi connectivity index (χ4n) is 3.45. The highest BCUT2D eigenvalue weighted by molar-refractivity contribution is 9.10. The van der Waals surface area contributed by atoms with E-state index >= 15 is 0 Å². The van der Waals surface area contributed by atoms with Gasteiger partial charge in [-0.05, 0) is 48.0 Å². The van der Waals surface area contributed by atoms with E-state index in [1.807, 2.05) is 51.1 Å². The highest BCUT2D eigenvalue weighted by Crippen LogP contribution is 2.24. The summed E-state index contributed by atoms with van der Waals surface area (Å²) in [5.41, 5.74) is 1.41. The number of hydrogen-bond donors (Lipinski definition) is 0. The molecule has 0 aliphatic rings. The van der Waals surface area contributed by atoms with Crippen molar-refractivity contribution in [3.63, 3.8) is 0 Å². The molecule has 0 spiro atoms. The third kappa shape index (κ3) is 5.46. The van der Waals surface area contributed by atoms with Gasteiger partial charge in [-0.1, -0.05) is 48.8 Å². The summed E-state index contributed by atoms with van der Waals surface area (Å²) < 4.78 is 8.08. The molecule has 0 saturated carbocycles. The molecule has 8 nitrogen and oxygen atoms in total. The molecule has 0 unspecified atom stereocenters. The molecule has 0 radical (unpaired) electrons. The molecule has 0 amide bonds. The summed E-state index contributed by atoms with van der Waals surface area (Å²) in [6.45, 7) is 6.16. The Labute approximate surface area is 210 Å². The second-order valence-corrected chi connectivity index (χ2v) is 9.87. The van der Waals surface area contributed by atoms with Gasteiger partial charge in [0.15, 0.2) is 0 Å². The number of ether oxygens (including phenoxy) is 1. The lowest BCUT2D eigenvalue weighted by molar-refractivity contribution is -0.384. The van der Waals surface area contributed by atoms with Crippen LogP contribution < -0.4 is 10.3 Å². The Balaban J connectivity index is 1.68. The van der Waals surface area contributed by atoms with Crippen LogP contribution in [-0.2, 0) is 12.0 Å². The topological polar surface area (TPSA) is 99.6 Å². The lowest BCUT2D eigenvalue weighted by Gasteiger charge is -2.21. The second-order valence-electron chi connectivity index (χ2n) is 8.96. The molecule has 9 heteroatoms. The molecule has 0 saturated heterocycles. The largest absolute Gasteiger partial charge is 0.488 e. The van der Waals surface area contributed by atoms with Gasteiger partial charge in [0.1, 0.15) is 18.2 Å². The molecule has 1 heterocycles. The van der Waals surface area contributed by atoms with Crippen LogP contribution in [0, 0.1) is 10.1 Å². The standard InChI is InChI=1S/C26H23BrN4O4/c1-26(2,3)25-29-22-13-10-19(27)14-21(22)24(32)30(25)28-15-18-6-4-5-7-23(18)35-16-17-8-11-20(12-9-17)31(33)34/h4-15H,16H2,1-3H3. The number of hydrogen-bond acceptors (Lipinski definition) is 6. The minimum atomic E-state index is -0.440. The van der Waals surface area contributed by atoms with E-state index in [1.165, 1.54) is 16.8 Å². The fourth-order valence-corrected chi connectivity index (χ4v) is 3.82. The number of nitro groups is 1. The Morgan fingerprint density at radius 1 is 1.11 bits per heavy atom. The third-order valence-electron chi connectivity index (χ3n) is 5.25. The van der Waals surface area contributed by atoms with Crippen molar-refractivity contribution in [1.29, 1.82) is 0 Å². The first kappa shape index (κ1) is 24.3. The van der Waals surface area contributed by atoms with Crippen molar-refractivity contribution in [1.82, 2.24) is 9.66 Å². The fraction of sp³-hybridized carbons (Fsp3) is 0.192. The summed E-state index contributed by atoms with van der Waals surface area (Å²) in [7, 11) is 0. The number of para-hydroxylation sites is 1. The van der Waals surface area contributed by atoms with E-state index < -0.39 is 10.3 Å². The van der Waals surface area contributed by atoms with Crippen LogP contribution in [0.1, 0.15) is 37.7 Å². The quantitative estimate of drug-likeness (QED) is 0.176. The zero-order chi connectivity index (χ0) is 25.2. The van der Waals surface area contributed by atoms with Crippen molar-refractivity contribution >= 4 is 38.7 Å². The molecule has 178 valence electrons. The number of fused-ring (bicyclic) bond motifs is 1. The maximum absolute atomic E-state index is 13.3. The van der Waals surface area contributed by atoms with Crippen LogP contribution in [0.25, 0.3) is 10.9 Å². The number of nitrogens with zero attached hydrogens (tertiary/aromatic N) is 4. The summed E-state index contributed by atoms with van der Waals surface area (Å²) in [5.74, 6) is 1.11. The normalized spacial score (nSPS) is 11.8. The second kappa shape index (κ2) is 9.79. The molecule has 35 heavy (non-hydrogen) atoms. The lowest BCUT2D eigenvalue weighted by atomic mass is 9.95. The monoisotopic (exact) mass is 534 g/mol. The first-order chi connectivity index (χ1) is 16.6. The van der Waals surface area contributed by atoms with Crippen molar-refractivity contribution in [3.8, 4) is 5.75 Å². The predicted molar refractivity (Wildman–Crippen MR) is 139 cm³/mol. The Bertz CT molecular complexity index is 1490. The molecule has 0 fully saturated rings. The molecule has 4 rings (SSSR count). The van der Waals surface area contributed by atoms with Gasteiger partial charge in [-0.15, -0.1) is 0 Å². The molecule has 4 aromatic rings. The summed E-state index contributed by atoms with van der Waals surface area (Å²) in [6.07, 6.45) is 1.58. The van der Waals surface area contributed by atoms with Gasteiger partial charge in [0.2, 0.25) is 0 Å². The Kier molecular flexibility index (Phi) is 6.79. The van der Waals surface area contributed by atoms with Crippen molar-refractivity contribution in [2.75, 3.05) is 0 Å². The van der Waals surface area contributed by atoms with Gasteiger partial charge >= 0.3 is 0 Å². The van der Waals surface area contributed by atoms with Crippen LogP contribution in [0.5, 0.6) is 5.75 Å². The van der Waals surface area contributed by atoms with E-state index in [0.29, 0.717) is 28.0 Å². The molecule has 0 aliphatic heterocycles. The number of nitro benzene ring substituents is 1. The summed E-state index contributed by atoms with van der Waals surface area (Å²) in [6, 6.07) is 18.9. The first-order valence-electron chi connectivity index (χ1n) is 10.9. The maximum Gasteiger partial charge on any atom is 0.282 e. The van der Waals surface area contributed by atoms with E-state index in [9.17, 15) is 14.9 Å². The smallest absolute Gasteiger partial charge is 0.282 e. The van der Waals surface area contributed by atoms with Gasteiger partial charge < -0.3 is 4.74 Å². The van der Waals surface area contributed by atoms with E-state index in [4.69, 9.17) is 9.72 Å². The van der Waals surface area contributed by atoms with Gasteiger partial charge in [-0.25, -0.2) is 4.98 Å². The van der Waals surface area contributed by atoms with Crippen LogP contribution >= 0.6 is 15.9 Å². The van der Waals surface area contributed by atoms with Crippen LogP contribution in [-0.4, -0.2) is 20.8 Å². The van der Waals surface area contributed by atoms with Crippen molar-refractivity contribution in [2.45, 2.75) is 32.8 Å². The van der Waals surface area contributed by atoms with Crippen LogP contribution in [0.3, 0.4) is 0 Å². The molecule has 1 aromatic heterocycles. The van der Waals surface area contributed by atoms with Crippen LogP contribution in [0.4, 0.5) is 5.69 Å². The molecular formula is C26H23BrN4O4. The minimum absolute atomic E-state index is 0.0254. The van der Waals surface area contributed by atoms with Crippen molar-refractivity contribution in [3.05, 3.63) is 109 Å². The maximum atomic E-state index is 13.3. The third-order valence-corrected chi connectivity index (χ3v) is 5.75. The van der Waals surface area contributed by atoms with Gasteiger partial charge in [-0.3, -0.25) is 14.9 Å². The highest BCUT2D eigenvalue weighted by Gasteiger charge is 2.23. The molecule has 0 atom stereocenters. The lowest BCUT2D eigenvalue weighted by Crippen LogP contribution is -2.29. The zero-order valence-electron chi connectivity index (χ0n) is 19.4. The Morgan fingerprint density at radius 3 is 2.51 bits per heavy atom. The number of aromatic nitrogens is 2. The molecule has 3 aromatic carbocycles. The van der Waals surface area contributed by atoms with E-state index in [1.54, 1.807) is 30.5 Å². The predicted octanol–water partition coefficient (Wildman–Crippen LogP) is 5.83. The Morgan fingerprint density at radius 2 is 1.83 bits per heavy atom. The summed E-state index contributed by atoms with van der Waals surface area (Å²) in [4.78, 5) is 28.5. The average Bonchev–Trinajstić information content (AvgIpc) is 2.82. The highest BCUT2D eigenvalue weighted by atomic mass is 79.9. The van der Waals surface area contributed by atoms with E-state index in [2.05, 4.69) is 21.0 Å². The zero-order valence-corrected chi connectivity index (χ0v) is 21.0. The molecule has 0 aliphatic carbocycles. The van der Waals surface area contributed by atoms with Gasteiger partial charge in [0.05, 0.1) is 22.0 Å². The van der Waals surface area contributed by atoms with Crippen LogP contribution in [0.2, 0.25) is 0 Å². The SMILES string of the molecule is CC(C)(C)c1nc2ccc(Br)cc2c(=O)n1N=Cc1ccccc1OCc1ccc([N+](=O)[O-])cc1. The van der Waals surface area contributed by atoms with E-state index in [-0.39, 0.29) is 17.9 Å². The number of rotatable bonds is 6. The summed E-state index contributed by atoms with van der Waals surface area (Å²) >= 11 is 3.42. The summed E-state index contributed by atoms with van der Waals surface area (Å²) in [5, 5.41) is 15.8. The van der Waals surface area contributed by atoms with E-state index in [0.717, 1.165) is 10.0 Å². The van der Waals surface area contributed by atoms with Gasteiger partial charge in [0.25, 0.3) is 11.2 Å². The van der Waals surface area contributed by atoms with Crippen molar-refractivity contribution < 1.29 is 9.66 Å². The molecule has 0 N–H and O–H groups in total. The Hall–Kier alpha value is -3.85. The number of benzene rings is 3. The number of non-ortho nitro benzene ring substituents is 1. The molecule has 0 bridgehead atoms.